The molecule has 5 nitrogen and oxygen atoms in total. The summed E-state index contributed by atoms with van der Waals surface area (Å²) in [5.74, 6) is 0.898. The fraction of sp³-hybridized carbons (Fsp3) is 0.529. The fourth-order valence-corrected chi connectivity index (χ4v) is 4.66. The van der Waals surface area contributed by atoms with Crippen LogP contribution >= 0.6 is 11.8 Å². The molecule has 0 aliphatic carbocycles. The van der Waals surface area contributed by atoms with Crippen LogP contribution in [0.2, 0.25) is 0 Å². The van der Waals surface area contributed by atoms with Gasteiger partial charge >= 0.3 is 5.16 Å². The minimum absolute atomic E-state index is 0. The Bertz CT molecular complexity index is 743. The van der Waals surface area contributed by atoms with Crippen LogP contribution in [-0.4, -0.2) is 45.4 Å². The van der Waals surface area contributed by atoms with E-state index in [4.69, 9.17) is 0 Å². The smallest absolute Gasteiger partial charge is 0.319 e. The number of aliphatic hydroxyl groups excluding tert-OH is 1. The maximum Gasteiger partial charge on any atom is 0.319 e. The summed E-state index contributed by atoms with van der Waals surface area (Å²) in [6.07, 6.45) is 3.14. The van der Waals surface area contributed by atoms with Crippen LogP contribution in [0.25, 0.3) is 11.0 Å². The number of nitrogens with zero attached hydrogens (tertiary/aromatic N) is 3. The number of carbonyl (C=O) groups is 1. The second-order valence-corrected chi connectivity index (χ2v) is 7.36. The normalized spacial score (nSPS) is 20.5. The van der Waals surface area contributed by atoms with Crippen molar-refractivity contribution in [1.29, 1.82) is 0 Å². The summed E-state index contributed by atoms with van der Waals surface area (Å²) in [7, 11) is 0. The van der Waals surface area contributed by atoms with Crippen LogP contribution in [0, 0.1) is 0 Å². The van der Waals surface area contributed by atoms with Gasteiger partial charge in [0.2, 0.25) is 0 Å². The number of amides is 1. The second kappa shape index (κ2) is 7.45. The third-order valence-electron chi connectivity index (χ3n) is 4.73. The first kappa shape index (κ1) is 17.8. The quantitative estimate of drug-likeness (QED) is 0.606. The summed E-state index contributed by atoms with van der Waals surface area (Å²) >= 11 is 1.64. The van der Waals surface area contributed by atoms with Crippen LogP contribution in [0.5, 0.6) is 0 Å². The van der Waals surface area contributed by atoms with Gasteiger partial charge in [0, 0.05) is 18.8 Å². The van der Waals surface area contributed by atoms with E-state index < -0.39 is 0 Å². The van der Waals surface area contributed by atoms with Gasteiger partial charge < -0.3 is 27.0 Å². The third kappa shape index (κ3) is 3.21. The molecule has 1 fully saturated rings. The number of aliphatic hydroxyl groups is 1. The van der Waals surface area contributed by atoms with Gasteiger partial charge in [-0.15, -0.1) is 0 Å². The number of likely N-dealkylation sites (tertiary alicyclic amines) is 1. The van der Waals surface area contributed by atoms with Gasteiger partial charge in [-0.2, -0.15) is 0 Å². The number of imidazole rings is 1. The minimum Gasteiger partial charge on any atom is -1.00 e. The van der Waals surface area contributed by atoms with E-state index in [9.17, 15) is 9.90 Å². The lowest BCUT2D eigenvalue weighted by atomic mass is 10.1. The number of para-hydroxylation sites is 2. The van der Waals surface area contributed by atoms with Gasteiger partial charge in [-0.25, -0.2) is 9.13 Å². The van der Waals surface area contributed by atoms with E-state index in [0.29, 0.717) is 18.8 Å². The van der Waals surface area contributed by atoms with Gasteiger partial charge in [-0.1, -0.05) is 12.1 Å². The molecule has 1 N–H and O–H groups in total. The lowest BCUT2D eigenvalue weighted by Gasteiger charge is -2.26. The SMILES string of the molecule is O=C(Cn1c2[n+](c3ccccc31)CC(O)CS2)N1CCCCC1.[Br-]. The zero-order chi connectivity index (χ0) is 15.8. The van der Waals surface area contributed by atoms with Crippen molar-refractivity contribution in [2.75, 3.05) is 18.8 Å². The Hall–Kier alpha value is -1.05. The first-order chi connectivity index (χ1) is 11.2. The van der Waals surface area contributed by atoms with Gasteiger partial charge in [0.05, 0.1) is 0 Å². The van der Waals surface area contributed by atoms with Crippen LogP contribution in [-0.2, 0) is 17.9 Å². The molecule has 0 bridgehead atoms. The van der Waals surface area contributed by atoms with E-state index in [2.05, 4.69) is 21.3 Å². The van der Waals surface area contributed by atoms with Gasteiger partial charge in [0.1, 0.15) is 12.6 Å². The van der Waals surface area contributed by atoms with Gasteiger partial charge in [-0.05, 0) is 43.2 Å². The second-order valence-electron chi connectivity index (χ2n) is 6.37. The highest BCUT2D eigenvalue weighted by atomic mass is 79.9. The average molecular weight is 412 g/mol. The highest BCUT2D eigenvalue weighted by Gasteiger charge is 2.33. The van der Waals surface area contributed by atoms with Crippen LogP contribution in [0.1, 0.15) is 19.3 Å². The number of fused-ring (bicyclic) bond motifs is 3. The predicted octanol–water partition coefficient (Wildman–Crippen LogP) is -1.59. The van der Waals surface area contributed by atoms with Crippen molar-refractivity contribution in [3.05, 3.63) is 24.3 Å². The molecular formula is C17H22BrN3O2S. The Morgan fingerprint density at radius 3 is 2.79 bits per heavy atom. The molecule has 1 amide bonds. The fourth-order valence-electron chi connectivity index (χ4n) is 3.57. The lowest BCUT2D eigenvalue weighted by molar-refractivity contribution is -0.717. The molecule has 4 rings (SSSR count). The average Bonchev–Trinajstić information content (AvgIpc) is 2.89. The van der Waals surface area contributed by atoms with Crippen molar-refractivity contribution in [2.45, 2.75) is 43.6 Å². The Morgan fingerprint density at radius 2 is 2.00 bits per heavy atom. The lowest BCUT2D eigenvalue weighted by Crippen LogP contribution is -3.00. The summed E-state index contributed by atoms with van der Waals surface area (Å²) in [4.78, 5) is 14.7. The monoisotopic (exact) mass is 411 g/mol. The minimum atomic E-state index is -0.324. The molecule has 2 aliphatic heterocycles. The van der Waals surface area contributed by atoms with E-state index in [0.717, 1.165) is 42.1 Å². The maximum absolute atomic E-state index is 12.7. The number of piperidine rings is 1. The van der Waals surface area contributed by atoms with Gasteiger partial charge in [0.15, 0.2) is 17.6 Å². The van der Waals surface area contributed by atoms with Crippen molar-refractivity contribution >= 4 is 28.7 Å². The van der Waals surface area contributed by atoms with Crippen LogP contribution in [0.4, 0.5) is 0 Å². The largest absolute Gasteiger partial charge is 1.00 e. The molecule has 1 saturated heterocycles. The third-order valence-corrected chi connectivity index (χ3v) is 5.98. The molecule has 2 aliphatic rings. The summed E-state index contributed by atoms with van der Waals surface area (Å²) < 4.78 is 4.28. The molecule has 1 aromatic carbocycles. The van der Waals surface area contributed by atoms with Gasteiger partial charge in [0.25, 0.3) is 5.91 Å². The van der Waals surface area contributed by atoms with E-state index in [1.807, 2.05) is 17.0 Å². The molecule has 0 radical (unpaired) electrons. The highest BCUT2D eigenvalue weighted by Crippen LogP contribution is 2.26. The number of halogens is 1. The van der Waals surface area contributed by atoms with Crippen LogP contribution in [0.15, 0.2) is 29.4 Å². The first-order valence-electron chi connectivity index (χ1n) is 8.34. The van der Waals surface area contributed by atoms with E-state index >= 15 is 0 Å². The van der Waals surface area contributed by atoms with Crippen molar-refractivity contribution in [3.63, 3.8) is 0 Å². The molecule has 1 unspecified atom stereocenters. The summed E-state index contributed by atoms with van der Waals surface area (Å²) in [6, 6.07) is 8.16. The van der Waals surface area contributed by atoms with Crippen molar-refractivity contribution in [1.82, 2.24) is 9.47 Å². The topological polar surface area (TPSA) is 49.4 Å². The molecule has 3 heterocycles. The standard InChI is InChI=1S/C17H22N3O2S.BrH/c21-13-10-19-14-6-2-3-7-15(14)20(17(19)23-12-13)11-16(22)18-8-4-1-5-9-18;/h2-3,6-7,13,21H,1,4-5,8-12H2;1H/q+1;/p-1. The Kier molecular flexibility index (Phi) is 5.52. The van der Waals surface area contributed by atoms with E-state index in [1.165, 1.54) is 6.42 Å². The Labute approximate surface area is 156 Å². The maximum atomic E-state index is 12.7. The molecule has 24 heavy (non-hydrogen) atoms. The molecular weight excluding hydrogens is 390 g/mol. The number of rotatable bonds is 2. The van der Waals surface area contributed by atoms with Crippen LogP contribution in [0.3, 0.4) is 0 Å². The number of hydrogen-bond donors (Lipinski definition) is 1. The van der Waals surface area contributed by atoms with Crippen LogP contribution < -0.4 is 21.5 Å². The molecule has 2 aromatic rings. The van der Waals surface area contributed by atoms with Crippen molar-refractivity contribution in [2.24, 2.45) is 0 Å². The Morgan fingerprint density at radius 1 is 1.25 bits per heavy atom. The molecule has 0 spiro atoms. The number of carbonyl (C=O) groups excluding carboxylic acids is 1. The first-order valence-corrected chi connectivity index (χ1v) is 9.32. The van der Waals surface area contributed by atoms with E-state index in [1.54, 1.807) is 11.8 Å². The van der Waals surface area contributed by atoms with Gasteiger partial charge in [-0.3, -0.25) is 4.79 Å². The summed E-state index contributed by atoms with van der Waals surface area (Å²) in [5, 5.41) is 11.1. The Balaban J connectivity index is 0.00000169. The molecule has 130 valence electrons. The molecule has 7 heteroatoms. The zero-order valence-electron chi connectivity index (χ0n) is 13.5. The molecule has 1 atom stereocenters. The number of aromatic nitrogens is 2. The molecule has 0 saturated carbocycles. The highest BCUT2D eigenvalue weighted by molar-refractivity contribution is 7.99. The summed E-state index contributed by atoms with van der Waals surface area (Å²) in [5.41, 5.74) is 2.18. The van der Waals surface area contributed by atoms with Crippen molar-refractivity contribution in [3.8, 4) is 0 Å². The summed E-state index contributed by atoms with van der Waals surface area (Å²) in [6.45, 7) is 2.78. The number of benzene rings is 1. The zero-order valence-corrected chi connectivity index (χ0v) is 15.9. The predicted molar refractivity (Wildman–Crippen MR) is 89.3 cm³/mol. The van der Waals surface area contributed by atoms with E-state index in [-0.39, 0.29) is 29.0 Å². The number of hydrogen-bond acceptors (Lipinski definition) is 3. The molecule has 1 aromatic heterocycles. The number of thioether (sulfide) groups is 1. The van der Waals surface area contributed by atoms with Crippen molar-refractivity contribution < 1.29 is 31.4 Å².